The molecule has 0 aliphatic heterocycles. The topological polar surface area (TPSA) is 160 Å². The van der Waals surface area contributed by atoms with Crippen LogP contribution in [0.15, 0.2) is 12.2 Å². The SMILES string of the molecule is CCCCC/C=C\C[C@H](O)[C@@H](O)CCCCCCCC(=O)O[C@H](COC(=O)CCCCCCCCCCCCCCCCCCC)COP(=O)(O)O. The fourth-order valence-electron chi connectivity index (χ4n) is 6.16. The van der Waals surface area contributed by atoms with E-state index >= 15 is 0 Å². The molecule has 0 rings (SSSR count). The monoisotopic (exact) mass is 763 g/mol. The van der Waals surface area contributed by atoms with Gasteiger partial charge in [0.25, 0.3) is 0 Å². The first-order valence-corrected chi connectivity index (χ1v) is 22.7. The summed E-state index contributed by atoms with van der Waals surface area (Å²) in [5, 5.41) is 20.3. The summed E-state index contributed by atoms with van der Waals surface area (Å²) < 4.78 is 26.3. The minimum Gasteiger partial charge on any atom is -0.462 e. The molecule has 0 aliphatic carbocycles. The number of rotatable bonds is 39. The molecule has 0 amide bonds. The number of aliphatic hydroxyl groups excluding tert-OH is 2. The van der Waals surface area contributed by atoms with E-state index in [1.54, 1.807) is 0 Å². The Bertz CT molecular complexity index is 893. The van der Waals surface area contributed by atoms with E-state index in [-0.39, 0.29) is 19.4 Å². The molecule has 0 aromatic rings. The number of carbonyl (C=O) groups is 2. The second kappa shape index (κ2) is 36.7. The molecule has 11 heteroatoms. The van der Waals surface area contributed by atoms with Crippen molar-refractivity contribution in [1.82, 2.24) is 0 Å². The molecule has 4 N–H and O–H groups in total. The maximum Gasteiger partial charge on any atom is 0.469 e. The average molecular weight is 763 g/mol. The summed E-state index contributed by atoms with van der Waals surface area (Å²) in [4.78, 5) is 42.8. The average Bonchev–Trinajstić information content (AvgIpc) is 3.11. The molecular formula is C41H79O10P. The van der Waals surface area contributed by atoms with Crippen molar-refractivity contribution in [3.63, 3.8) is 0 Å². The molecule has 0 aromatic carbocycles. The molecule has 0 fully saturated rings. The van der Waals surface area contributed by atoms with E-state index in [1.807, 2.05) is 6.08 Å². The first-order valence-electron chi connectivity index (χ1n) is 21.1. The minimum atomic E-state index is -4.79. The molecule has 0 unspecified atom stereocenters. The lowest BCUT2D eigenvalue weighted by atomic mass is 10.0. The Morgan fingerprint density at radius 1 is 0.558 bits per heavy atom. The molecule has 0 aromatic heterocycles. The number of hydrogen-bond donors (Lipinski definition) is 4. The van der Waals surface area contributed by atoms with Crippen LogP contribution in [-0.2, 0) is 28.2 Å². The summed E-state index contributed by atoms with van der Waals surface area (Å²) in [7, 11) is -4.79. The lowest BCUT2D eigenvalue weighted by molar-refractivity contribution is -0.161. The van der Waals surface area contributed by atoms with E-state index in [4.69, 9.17) is 19.3 Å². The van der Waals surface area contributed by atoms with Crippen molar-refractivity contribution < 1.29 is 48.2 Å². The Kier molecular flexibility index (Phi) is 35.8. The first kappa shape index (κ1) is 50.7. The summed E-state index contributed by atoms with van der Waals surface area (Å²) in [6, 6.07) is 0. The molecule has 0 saturated carbocycles. The normalized spacial score (nSPS) is 13.7. The summed E-state index contributed by atoms with van der Waals surface area (Å²) >= 11 is 0. The summed E-state index contributed by atoms with van der Waals surface area (Å²) in [6.07, 6.45) is 32.4. The zero-order chi connectivity index (χ0) is 38.5. The van der Waals surface area contributed by atoms with Crippen molar-refractivity contribution in [1.29, 1.82) is 0 Å². The Morgan fingerprint density at radius 3 is 1.50 bits per heavy atom. The fourth-order valence-corrected chi connectivity index (χ4v) is 6.52. The predicted molar refractivity (Wildman–Crippen MR) is 210 cm³/mol. The highest BCUT2D eigenvalue weighted by Crippen LogP contribution is 2.36. The molecule has 0 spiro atoms. The summed E-state index contributed by atoms with van der Waals surface area (Å²) in [6.45, 7) is 3.52. The van der Waals surface area contributed by atoms with Crippen LogP contribution < -0.4 is 0 Å². The van der Waals surface area contributed by atoms with Crippen LogP contribution in [0.25, 0.3) is 0 Å². The standard InChI is InChI=1S/C41H79O10P/c1-3-5-7-9-11-12-13-14-15-16-17-18-19-20-21-25-29-33-40(44)49-35-37(36-50-52(46,47)48)51-41(45)34-30-26-22-24-28-32-39(43)38(42)31-27-23-10-8-6-4-2/h23,27,37-39,42-43H,3-22,24-26,28-36H2,1-2H3,(H2,46,47,48)/b27-23-/t37-,38+,39+/m1/s1. The van der Waals surface area contributed by atoms with Crippen LogP contribution >= 0.6 is 7.82 Å². The summed E-state index contributed by atoms with van der Waals surface area (Å²) in [5.41, 5.74) is 0. The van der Waals surface area contributed by atoms with Crippen LogP contribution in [0.5, 0.6) is 0 Å². The quantitative estimate of drug-likeness (QED) is 0.0205. The van der Waals surface area contributed by atoms with Gasteiger partial charge in [0, 0.05) is 12.8 Å². The third-order valence-electron chi connectivity index (χ3n) is 9.48. The Balaban J connectivity index is 4.00. The number of ether oxygens (including phenoxy) is 2. The molecule has 0 bridgehead atoms. The van der Waals surface area contributed by atoms with Gasteiger partial charge in [0.15, 0.2) is 6.10 Å². The van der Waals surface area contributed by atoms with Crippen LogP contribution in [0, 0.1) is 0 Å². The van der Waals surface area contributed by atoms with Crippen molar-refractivity contribution >= 4 is 19.8 Å². The Labute approximate surface area is 317 Å². The molecular weight excluding hydrogens is 683 g/mol. The zero-order valence-corrected chi connectivity index (χ0v) is 34.1. The van der Waals surface area contributed by atoms with E-state index in [0.717, 1.165) is 57.8 Å². The van der Waals surface area contributed by atoms with E-state index in [2.05, 4.69) is 24.4 Å². The molecule has 0 aliphatic rings. The molecule has 0 heterocycles. The first-order chi connectivity index (χ1) is 25.1. The van der Waals surface area contributed by atoms with Gasteiger partial charge >= 0.3 is 19.8 Å². The molecule has 308 valence electrons. The highest BCUT2D eigenvalue weighted by molar-refractivity contribution is 7.46. The lowest BCUT2D eigenvalue weighted by Crippen LogP contribution is -2.29. The number of phosphoric acid groups is 1. The maximum absolute atomic E-state index is 12.4. The van der Waals surface area contributed by atoms with E-state index in [9.17, 15) is 24.4 Å². The number of phosphoric ester groups is 1. The van der Waals surface area contributed by atoms with Crippen LogP contribution in [0.4, 0.5) is 0 Å². The third kappa shape index (κ3) is 37.0. The van der Waals surface area contributed by atoms with Crippen molar-refractivity contribution in [2.75, 3.05) is 13.2 Å². The number of unbranched alkanes of at least 4 members (excludes halogenated alkanes) is 23. The van der Waals surface area contributed by atoms with Gasteiger partial charge in [0.05, 0.1) is 18.8 Å². The highest BCUT2D eigenvalue weighted by atomic mass is 31.2. The lowest BCUT2D eigenvalue weighted by Gasteiger charge is -2.18. The highest BCUT2D eigenvalue weighted by Gasteiger charge is 2.23. The molecule has 0 saturated heterocycles. The van der Waals surface area contributed by atoms with E-state index in [1.165, 1.54) is 96.3 Å². The number of aliphatic hydroxyl groups is 2. The van der Waals surface area contributed by atoms with Crippen LogP contribution in [0.2, 0.25) is 0 Å². The number of allylic oxidation sites excluding steroid dienone is 1. The van der Waals surface area contributed by atoms with Crippen LogP contribution in [0.1, 0.15) is 206 Å². The number of esters is 2. The van der Waals surface area contributed by atoms with Crippen molar-refractivity contribution in [2.45, 2.75) is 225 Å². The largest absolute Gasteiger partial charge is 0.469 e. The van der Waals surface area contributed by atoms with Crippen molar-refractivity contribution in [3.05, 3.63) is 12.2 Å². The Hall–Kier alpha value is -1.29. The van der Waals surface area contributed by atoms with E-state index in [0.29, 0.717) is 25.7 Å². The second-order valence-electron chi connectivity index (χ2n) is 14.6. The van der Waals surface area contributed by atoms with E-state index < -0.39 is 44.7 Å². The van der Waals surface area contributed by atoms with Crippen molar-refractivity contribution in [2.24, 2.45) is 0 Å². The Morgan fingerprint density at radius 2 is 1.00 bits per heavy atom. The van der Waals surface area contributed by atoms with Gasteiger partial charge in [-0.3, -0.25) is 14.1 Å². The molecule has 52 heavy (non-hydrogen) atoms. The molecule has 3 atom stereocenters. The summed E-state index contributed by atoms with van der Waals surface area (Å²) in [5.74, 6) is -0.987. The van der Waals surface area contributed by atoms with Gasteiger partial charge in [-0.1, -0.05) is 167 Å². The fraction of sp³-hybridized carbons (Fsp3) is 0.902. The van der Waals surface area contributed by atoms with Gasteiger partial charge in [-0.2, -0.15) is 0 Å². The van der Waals surface area contributed by atoms with Gasteiger partial charge in [0.1, 0.15) is 6.61 Å². The van der Waals surface area contributed by atoms with Gasteiger partial charge < -0.3 is 29.5 Å². The van der Waals surface area contributed by atoms with Crippen molar-refractivity contribution in [3.8, 4) is 0 Å². The van der Waals surface area contributed by atoms with Gasteiger partial charge in [-0.15, -0.1) is 0 Å². The second-order valence-corrected chi connectivity index (χ2v) is 15.9. The maximum atomic E-state index is 12.4. The van der Waals surface area contributed by atoms with Gasteiger partial charge in [-0.25, -0.2) is 4.57 Å². The molecule has 10 nitrogen and oxygen atoms in total. The van der Waals surface area contributed by atoms with Crippen LogP contribution in [0.3, 0.4) is 0 Å². The third-order valence-corrected chi connectivity index (χ3v) is 9.97. The molecule has 0 radical (unpaired) electrons. The van der Waals surface area contributed by atoms with Gasteiger partial charge in [-0.05, 0) is 38.5 Å². The number of carbonyl (C=O) groups excluding carboxylic acids is 2. The minimum absolute atomic E-state index is 0.117. The number of hydrogen-bond acceptors (Lipinski definition) is 8. The van der Waals surface area contributed by atoms with Gasteiger partial charge in [0.2, 0.25) is 0 Å². The predicted octanol–water partition coefficient (Wildman–Crippen LogP) is 10.6. The van der Waals surface area contributed by atoms with Crippen LogP contribution in [-0.4, -0.2) is 63.5 Å². The smallest absolute Gasteiger partial charge is 0.462 e. The zero-order valence-electron chi connectivity index (χ0n) is 33.2.